The zero-order chi connectivity index (χ0) is 18.4. The van der Waals surface area contributed by atoms with E-state index in [2.05, 4.69) is 6.07 Å². The van der Waals surface area contributed by atoms with E-state index in [1.54, 1.807) is 12.1 Å². The van der Waals surface area contributed by atoms with Gasteiger partial charge in [0, 0.05) is 15.6 Å². The minimum atomic E-state index is 0.421. The fourth-order valence-electron chi connectivity index (χ4n) is 2.44. The second-order valence-corrected chi connectivity index (χ2v) is 6.50. The van der Waals surface area contributed by atoms with Crippen molar-refractivity contribution in [1.29, 1.82) is 5.26 Å². The van der Waals surface area contributed by atoms with E-state index in [1.807, 2.05) is 66.7 Å². The predicted octanol–water partition coefficient (Wildman–Crippen LogP) is 6.64. The number of halogens is 2. The summed E-state index contributed by atoms with van der Waals surface area (Å²) in [6.45, 7) is 0.421. The largest absolute Gasteiger partial charge is 0.488 e. The molecule has 0 heterocycles. The van der Waals surface area contributed by atoms with Gasteiger partial charge in [-0.1, -0.05) is 65.7 Å². The van der Waals surface area contributed by atoms with E-state index in [4.69, 9.17) is 27.9 Å². The van der Waals surface area contributed by atoms with E-state index in [1.165, 1.54) is 0 Å². The third kappa shape index (κ3) is 4.67. The van der Waals surface area contributed by atoms with E-state index in [0.29, 0.717) is 28.0 Å². The van der Waals surface area contributed by atoms with Gasteiger partial charge in [0.05, 0.1) is 11.6 Å². The number of nitrogens with zero attached hydrogens (tertiary/aromatic N) is 1. The number of hydrogen-bond donors (Lipinski definition) is 0. The van der Waals surface area contributed by atoms with Crippen molar-refractivity contribution in [3.05, 3.63) is 99.5 Å². The molecule has 128 valence electrons. The fraction of sp³-hybridized carbons (Fsp3) is 0.0455. The number of ether oxygens (including phenoxy) is 1. The van der Waals surface area contributed by atoms with Crippen LogP contribution in [0.2, 0.25) is 10.0 Å². The summed E-state index contributed by atoms with van der Waals surface area (Å²) in [5, 5.41) is 10.9. The number of hydrogen-bond acceptors (Lipinski definition) is 2. The lowest BCUT2D eigenvalue weighted by Gasteiger charge is -2.10. The Morgan fingerprint density at radius 1 is 0.885 bits per heavy atom. The Morgan fingerprint density at radius 2 is 1.50 bits per heavy atom. The minimum absolute atomic E-state index is 0.421. The highest BCUT2D eigenvalue weighted by atomic mass is 35.5. The highest BCUT2D eigenvalue weighted by molar-refractivity contribution is 6.30. The molecule has 0 unspecified atom stereocenters. The second-order valence-electron chi connectivity index (χ2n) is 5.63. The average molecular weight is 380 g/mol. The summed E-state index contributed by atoms with van der Waals surface area (Å²) < 4.78 is 5.95. The maximum Gasteiger partial charge on any atom is 0.127 e. The van der Waals surface area contributed by atoms with Crippen LogP contribution >= 0.6 is 23.2 Å². The Bertz CT molecular complexity index is 955. The summed E-state index contributed by atoms with van der Waals surface area (Å²) in [6, 6.07) is 24.6. The van der Waals surface area contributed by atoms with Crippen molar-refractivity contribution in [3.63, 3.8) is 0 Å². The van der Waals surface area contributed by atoms with Gasteiger partial charge in [0.1, 0.15) is 12.4 Å². The van der Waals surface area contributed by atoms with E-state index in [9.17, 15) is 5.26 Å². The van der Waals surface area contributed by atoms with Gasteiger partial charge in [0.25, 0.3) is 0 Å². The molecular formula is C22H15Cl2NO. The molecule has 3 aromatic carbocycles. The molecule has 0 spiro atoms. The summed E-state index contributed by atoms with van der Waals surface area (Å²) >= 11 is 11.8. The van der Waals surface area contributed by atoms with Crippen LogP contribution in [0.15, 0.2) is 72.8 Å². The number of para-hydroxylation sites is 1. The number of rotatable bonds is 5. The summed E-state index contributed by atoms with van der Waals surface area (Å²) in [4.78, 5) is 0. The summed E-state index contributed by atoms with van der Waals surface area (Å²) in [6.07, 6.45) is 1.82. The molecule has 0 aliphatic heterocycles. The quantitative estimate of drug-likeness (QED) is 0.367. The van der Waals surface area contributed by atoms with Crippen molar-refractivity contribution in [3.8, 4) is 11.8 Å². The molecule has 0 aromatic heterocycles. The van der Waals surface area contributed by atoms with Crippen LogP contribution in [0.25, 0.3) is 11.6 Å². The first-order valence-electron chi connectivity index (χ1n) is 8.00. The fourth-order valence-corrected chi connectivity index (χ4v) is 2.69. The first-order chi connectivity index (χ1) is 12.7. The number of allylic oxidation sites excluding steroid dienone is 1. The topological polar surface area (TPSA) is 33.0 Å². The third-order valence-electron chi connectivity index (χ3n) is 3.80. The highest BCUT2D eigenvalue weighted by Crippen LogP contribution is 2.26. The van der Waals surface area contributed by atoms with Crippen molar-refractivity contribution in [2.45, 2.75) is 6.61 Å². The lowest BCUT2D eigenvalue weighted by atomic mass is 10.0. The van der Waals surface area contributed by atoms with Crippen molar-refractivity contribution in [1.82, 2.24) is 0 Å². The molecule has 0 aliphatic carbocycles. The molecule has 26 heavy (non-hydrogen) atoms. The zero-order valence-corrected chi connectivity index (χ0v) is 15.3. The van der Waals surface area contributed by atoms with Crippen LogP contribution in [-0.2, 0) is 6.61 Å². The molecule has 3 aromatic rings. The SMILES string of the molecule is N#C/C(=C/c1ccccc1OCc1ccc(Cl)cc1)c1ccc(Cl)cc1. The molecule has 3 rings (SSSR count). The highest BCUT2D eigenvalue weighted by Gasteiger charge is 2.06. The van der Waals surface area contributed by atoms with Crippen LogP contribution in [0.1, 0.15) is 16.7 Å². The van der Waals surface area contributed by atoms with Crippen LogP contribution < -0.4 is 4.74 Å². The Kier molecular flexibility index (Phi) is 5.96. The van der Waals surface area contributed by atoms with Gasteiger partial charge in [-0.25, -0.2) is 0 Å². The van der Waals surface area contributed by atoms with E-state index >= 15 is 0 Å². The average Bonchev–Trinajstić information content (AvgIpc) is 2.67. The Morgan fingerprint density at radius 3 is 2.15 bits per heavy atom. The number of benzene rings is 3. The molecule has 2 nitrogen and oxygen atoms in total. The van der Waals surface area contributed by atoms with Gasteiger partial charge in [-0.2, -0.15) is 5.26 Å². The van der Waals surface area contributed by atoms with Gasteiger partial charge >= 0.3 is 0 Å². The van der Waals surface area contributed by atoms with Crippen molar-refractivity contribution in [2.75, 3.05) is 0 Å². The summed E-state index contributed by atoms with van der Waals surface area (Å²) in [5.41, 5.74) is 3.22. The first-order valence-corrected chi connectivity index (χ1v) is 8.75. The van der Waals surface area contributed by atoms with Crippen LogP contribution in [-0.4, -0.2) is 0 Å². The van der Waals surface area contributed by atoms with Crippen LogP contribution in [0.3, 0.4) is 0 Å². The Labute approximate surface area is 162 Å². The molecule has 0 aliphatic rings. The molecule has 0 atom stereocenters. The molecule has 0 fully saturated rings. The monoisotopic (exact) mass is 379 g/mol. The zero-order valence-electron chi connectivity index (χ0n) is 13.8. The van der Waals surface area contributed by atoms with E-state index in [0.717, 1.165) is 16.7 Å². The standard InChI is InChI=1S/C22H15Cl2NO/c23-20-9-5-16(6-10-20)15-26-22-4-2-1-3-18(22)13-19(14-25)17-7-11-21(24)12-8-17/h1-13H,15H2/b19-13-. The molecule has 0 saturated heterocycles. The third-order valence-corrected chi connectivity index (χ3v) is 4.31. The maximum atomic E-state index is 9.53. The van der Waals surface area contributed by atoms with Crippen LogP contribution in [0.5, 0.6) is 5.75 Å². The number of nitriles is 1. The Hall–Kier alpha value is -2.73. The van der Waals surface area contributed by atoms with Crippen molar-refractivity contribution >= 4 is 34.9 Å². The van der Waals surface area contributed by atoms with E-state index in [-0.39, 0.29) is 0 Å². The minimum Gasteiger partial charge on any atom is -0.488 e. The molecule has 0 radical (unpaired) electrons. The molecule has 0 amide bonds. The van der Waals surface area contributed by atoms with Crippen molar-refractivity contribution < 1.29 is 4.74 Å². The predicted molar refractivity (Wildman–Crippen MR) is 107 cm³/mol. The van der Waals surface area contributed by atoms with Gasteiger partial charge in [-0.05, 0) is 47.5 Å². The van der Waals surface area contributed by atoms with Gasteiger partial charge < -0.3 is 4.74 Å². The van der Waals surface area contributed by atoms with Gasteiger partial charge in [0.15, 0.2) is 0 Å². The lowest BCUT2D eigenvalue weighted by molar-refractivity contribution is 0.305. The van der Waals surface area contributed by atoms with E-state index < -0.39 is 0 Å². The molecule has 0 N–H and O–H groups in total. The molecular weight excluding hydrogens is 365 g/mol. The summed E-state index contributed by atoms with van der Waals surface area (Å²) in [7, 11) is 0. The smallest absolute Gasteiger partial charge is 0.127 e. The van der Waals surface area contributed by atoms with Crippen molar-refractivity contribution in [2.24, 2.45) is 0 Å². The molecule has 4 heteroatoms. The molecule has 0 bridgehead atoms. The summed E-state index contributed by atoms with van der Waals surface area (Å²) in [5.74, 6) is 0.712. The lowest BCUT2D eigenvalue weighted by Crippen LogP contribution is -1.97. The van der Waals surface area contributed by atoms with Crippen LogP contribution in [0.4, 0.5) is 0 Å². The second kappa shape index (κ2) is 8.58. The first kappa shape index (κ1) is 18.1. The van der Waals surface area contributed by atoms with Crippen LogP contribution in [0, 0.1) is 11.3 Å². The van der Waals surface area contributed by atoms with Gasteiger partial charge in [-0.15, -0.1) is 0 Å². The van der Waals surface area contributed by atoms with Gasteiger partial charge in [-0.3, -0.25) is 0 Å². The van der Waals surface area contributed by atoms with Gasteiger partial charge in [0.2, 0.25) is 0 Å². The normalized spacial score (nSPS) is 11.0. The Balaban J connectivity index is 1.84. The maximum absolute atomic E-state index is 9.53. The molecule has 0 saturated carbocycles.